The highest BCUT2D eigenvalue weighted by Crippen LogP contribution is 2.37. The van der Waals surface area contributed by atoms with Gasteiger partial charge in [-0.3, -0.25) is 4.79 Å². The van der Waals surface area contributed by atoms with Gasteiger partial charge in [0.2, 0.25) is 6.79 Å². The minimum Gasteiger partial charge on any atom is -0.454 e. The fourth-order valence-corrected chi connectivity index (χ4v) is 5.86. The lowest BCUT2D eigenvalue weighted by atomic mass is 10.0. The number of nitrogens with zero attached hydrogens (tertiary/aromatic N) is 2. The first-order chi connectivity index (χ1) is 22.8. The summed E-state index contributed by atoms with van der Waals surface area (Å²) in [5.74, 6) is 2.79. The Morgan fingerprint density at radius 2 is 1.60 bits per heavy atom. The number of likely N-dealkylation sites (tertiary alicyclic amines) is 1. The summed E-state index contributed by atoms with van der Waals surface area (Å²) in [6.07, 6.45) is 3.40. The van der Waals surface area contributed by atoms with Crippen molar-refractivity contribution in [3.8, 4) is 22.6 Å². The molecule has 0 aliphatic carbocycles. The van der Waals surface area contributed by atoms with Crippen molar-refractivity contribution in [1.29, 1.82) is 0 Å². The van der Waals surface area contributed by atoms with E-state index < -0.39 is 11.7 Å². The van der Waals surface area contributed by atoms with Gasteiger partial charge in [-0.1, -0.05) is 64.8 Å². The molecule has 1 saturated heterocycles. The van der Waals surface area contributed by atoms with Crippen LogP contribution in [0.1, 0.15) is 81.3 Å². The monoisotopic (exact) mass is 649 g/mol. The van der Waals surface area contributed by atoms with Crippen molar-refractivity contribution in [3.05, 3.63) is 83.4 Å². The van der Waals surface area contributed by atoms with Gasteiger partial charge in [0, 0.05) is 24.0 Å². The molecule has 1 fully saturated rings. The van der Waals surface area contributed by atoms with Gasteiger partial charge in [-0.2, -0.15) is 13.2 Å². The molecule has 0 amide bonds. The van der Waals surface area contributed by atoms with E-state index in [4.69, 9.17) is 9.47 Å². The Morgan fingerprint density at radius 1 is 0.915 bits per heavy atom. The lowest BCUT2D eigenvalue weighted by molar-refractivity contribution is -0.137. The number of hydrogen-bond donors (Lipinski definition) is 1. The molecule has 2 aliphatic heterocycles. The number of aldehydes is 1. The summed E-state index contributed by atoms with van der Waals surface area (Å²) < 4.78 is 49.0. The zero-order valence-electron chi connectivity index (χ0n) is 27.8. The average molecular weight is 650 g/mol. The van der Waals surface area contributed by atoms with Crippen molar-refractivity contribution < 1.29 is 27.4 Å². The molecule has 1 unspecified atom stereocenters. The summed E-state index contributed by atoms with van der Waals surface area (Å²) in [4.78, 5) is 19.0. The van der Waals surface area contributed by atoms with Crippen molar-refractivity contribution in [2.75, 3.05) is 31.7 Å². The van der Waals surface area contributed by atoms with E-state index in [1.54, 1.807) is 6.07 Å². The average Bonchev–Trinajstić information content (AvgIpc) is 3.79. The maximum Gasteiger partial charge on any atom is 0.416 e. The van der Waals surface area contributed by atoms with Crippen LogP contribution in [-0.4, -0.2) is 42.6 Å². The number of fused-ring (bicyclic) bond motifs is 2. The van der Waals surface area contributed by atoms with Crippen LogP contribution in [0.15, 0.2) is 66.7 Å². The van der Waals surface area contributed by atoms with E-state index >= 15 is 0 Å². The zero-order valence-corrected chi connectivity index (χ0v) is 27.8. The molecule has 1 atom stereocenters. The van der Waals surface area contributed by atoms with E-state index in [-0.39, 0.29) is 13.3 Å². The van der Waals surface area contributed by atoms with E-state index in [0.717, 1.165) is 35.5 Å². The molecule has 0 spiro atoms. The van der Waals surface area contributed by atoms with Gasteiger partial charge >= 0.3 is 6.18 Å². The predicted octanol–water partition coefficient (Wildman–Crippen LogP) is 10.0. The molecule has 3 heterocycles. The predicted molar refractivity (Wildman–Crippen MR) is 183 cm³/mol. The molecule has 3 aromatic carbocycles. The maximum atomic E-state index is 12.7. The number of anilines is 1. The molecule has 6 nitrogen and oxygen atoms in total. The van der Waals surface area contributed by atoms with E-state index in [2.05, 4.69) is 29.0 Å². The van der Waals surface area contributed by atoms with Crippen LogP contribution in [0.4, 0.5) is 19.0 Å². The molecule has 0 radical (unpaired) electrons. The summed E-state index contributed by atoms with van der Waals surface area (Å²) in [5, 5.41) is 3.77. The highest BCUT2D eigenvalue weighted by molar-refractivity contribution is 5.99. The normalized spacial score (nSPS) is 14.5. The van der Waals surface area contributed by atoms with Crippen molar-refractivity contribution in [1.82, 2.24) is 9.88 Å². The summed E-state index contributed by atoms with van der Waals surface area (Å²) in [6.45, 7) is 13.2. The smallest absolute Gasteiger partial charge is 0.416 e. The third-order valence-corrected chi connectivity index (χ3v) is 8.42. The summed E-state index contributed by atoms with van der Waals surface area (Å²) in [5.41, 5.74) is 2.86. The number of ether oxygens (including phenoxy) is 2. The van der Waals surface area contributed by atoms with Gasteiger partial charge < -0.3 is 19.7 Å². The Kier molecular flexibility index (Phi) is 13.0. The summed E-state index contributed by atoms with van der Waals surface area (Å²) in [7, 11) is 0. The molecule has 1 aromatic heterocycles. The highest BCUT2D eigenvalue weighted by Gasteiger charge is 2.29. The van der Waals surface area contributed by atoms with Crippen molar-refractivity contribution in [3.63, 3.8) is 0 Å². The molecule has 0 bridgehead atoms. The number of pyridine rings is 1. The van der Waals surface area contributed by atoms with E-state index in [9.17, 15) is 18.0 Å². The third-order valence-electron chi connectivity index (χ3n) is 8.42. The van der Waals surface area contributed by atoms with Gasteiger partial charge in [0.05, 0.1) is 11.1 Å². The minimum absolute atomic E-state index is 0.192. The van der Waals surface area contributed by atoms with Gasteiger partial charge in [0.25, 0.3) is 0 Å². The van der Waals surface area contributed by atoms with Crippen LogP contribution in [0.5, 0.6) is 11.5 Å². The van der Waals surface area contributed by atoms with Crippen molar-refractivity contribution in [2.45, 2.75) is 72.5 Å². The van der Waals surface area contributed by atoms with Crippen LogP contribution < -0.4 is 14.8 Å². The van der Waals surface area contributed by atoms with Crippen LogP contribution in [0.2, 0.25) is 0 Å². The molecule has 9 heteroatoms. The van der Waals surface area contributed by atoms with Crippen LogP contribution >= 0.6 is 0 Å². The standard InChI is InChI=1S/C25H17F3N2O3.C11H23N.C2H6/c26-25(27,28)19-5-1-15(2-6-19)12-29-24-11-18(13-31)20-9-16(3-7-21(20)30-24)17-4-8-22-23(10-17)33-14-32-22;1-3-7-11(4-2)10-12-8-5-6-9-12;1-2/h1-11,13H,12,14H2,(H,29,30);11H,3-10H2,1-2H3;1-2H3. The second-order valence-corrected chi connectivity index (χ2v) is 11.6. The largest absolute Gasteiger partial charge is 0.454 e. The number of benzene rings is 3. The molecule has 4 aromatic rings. The molecule has 252 valence electrons. The van der Waals surface area contributed by atoms with Crippen LogP contribution in [0.3, 0.4) is 0 Å². The lowest BCUT2D eigenvalue weighted by Gasteiger charge is -2.21. The second kappa shape index (κ2) is 17.2. The van der Waals surface area contributed by atoms with Crippen LogP contribution in [0, 0.1) is 5.92 Å². The first kappa shape index (κ1) is 35.7. The van der Waals surface area contributed by atoms with Crippen LogP contribution in [-0.2, 0) is 12.7 Å². The zero-order chi connectivity index (χ0) is 33.8. The highest BCUT2D eigenvalue weighted by atomic mass is 19.4. The van der Waals surface area contributed by atoms with Gasteiger partial charge in [0.15, 0.2) is 17.8 Å². The molecule has 2 aliphatic rings. The topological polar surface area (TPSA) is 63.7 Å². The maximum absolute atomic E-state index is 12.7. The fraction of sp³-hybridized carbons (Fsp3) is 0.421. The molecular weight excluding hydrogens is 603 g/mol. The van der Waals surface area contributed by atoms with Gasteiger partial charge in [-0.15, -0.1) is 0 Å². The van der Waals surface area contributed by atoms with Gasteiger partial charge in [0.1, 0.15) is 5.82 Å². The first-order valence-electron chi connectivity index (χ1n) is 16.7. The first-order valence-corrected chi connectivity index (χ1v) is 16.7. The number of nitrogens with one attached hydrogen (secondary N) is 1. The molecule has 6 rings (SSSR count). The minimum atomic E-state index is -4.37. The summed E-state index contributed by atoms with van der Waals surface area (Å²) in [6, 6.07) is 17.8. The molecule has 1 N–H and O–H groups in total. The van der Waals surface area contributed by atoms with Crippen molar-refractivity contribution >= 4 is 23.0 Å². The Bertz CT molecular complexity index is 1590. The SMILES string of the molecule is CC.CCCC(CC)CN1CCCC1.O=Cc1cc(NCc2ccc(C(F)(F)F)cc2)nc2ccc(-c3ccc4c(c3)OCO4)cc12. The molecular formula is C38H46F3N3O3. The number of halogens is 3. The number of carbonyl (C=O) groups excluding carboxylic acids is 1. The third kappa shape index (κ3) is 9.70. The Balaban J connectivity index is 0.000000301. The Hall–Kier alpha value is -4.11. The van der Waals surface area contributed by atoms with Gasteiger partial charge in [-0.05, 0) is 97.4 Å². The van der Waals surface area contributed by atoms with Crippen LogP contribution in [0.25, 0.3) is 22.0 Å². The lowest BCUT2D eigenvalue weighted by Crippen LogP contribution is -2.26. The number of alkyl halides is 3. The number of hydrogen-bond acceptors (Lipinski definition) is 6. The van der Waals surface area contributed by atoms with E-state index in [0.29, 0.717) is 39.3 Å². The molecule has 47 heavy (non-hydrogen) atoms. The number of aromatic nitrogens is 1. The molecule has 0 saturated carbocycles. The Morgan fingerprint density at radius 3 is 2.26 bits per heavy atom. The van der Waals surface area contributed by atoms with E-state index in [1.165, 1.54) is 63.9 Å². The second-order valence-electron chi connectivity index (χ2n) is 11.6. The fourth-order valence-electron chi connectivity index (χ4n) is 5.86. The van der Waals surface area contributed by atoms with E-state index in [1.807, 2.05) is 50.2 Å². The number of rotatable bonds is 10. The summed E-state index contributed by atoms with van der Waals surface area (Å²) >= 11 is 0. The van der Waals surface area contributed by atoms with Gasteiger partial charge in [-0.25, -0.2) is 4.98 Å². The quantitative estimate of drug-likeness (QED) is 0.173. The van der Waals surface area contributed by atoms with Crippen molar-refractivity contribution in [2.24, 2.45) is 5.92 Å². The Labute approximate surface area is 276 Å². The number of carbonyl (C=O) groups is 1.